The molecule has 6 heteroatoms. The molecule has 0 rings (SSSR count). The van der Waals surface area contributed by atoms with Crippen LogP contribution in [0.5, 0.6) is 0 Å². The van der Waals surface area contributed by atoms with Crippen LogP contribution in [0.3, 0.4) is 0 Å². The van der Waals surface area contributed by atoms with E-state index in [4.69, 9.17) is 14.2 Å². The zero-order valence-electron chi connectivity index (χ0n) is 43.8. The van der Waals surface area contributed by atoms with E-state index in [1.165, 1.54) is 19.3 Å². The highest BCUT2D eigenvalue weighted by Gasteiger charge is 2.19. The maximum absolute atomic E-state index is 12.8. The number of ether oxygens (including phenoxy) is 3. The molecule has 0 amide bonds. The molecule has 384 valence electrons. The number of carbonyl (C=O) groups excluding carboxylic acids is 3. The molecule has 0 saturated carbocycles. The number of allylic oxidation sites excluding steroid dienone is 25. The lowest BCUT2D eigenvalue weighted by molar-refractivity contribution is -0.166. The van der Waals surface area contributed by atoms with Crippen molar-refractivity contribution >= 4 is 17.9 Å². The lowest BCUT2D eigenvalue weighted by Gasteiger charge is -2.18. The van der Waals surface area contributed by atoms with Gasteiger partial charge in [0.05, 0.1) is 6.42 Å². The third kappa shape index (κ3) is 53.8. The second kappa shape index (κ2) is 55.6. The van der Waals surface area contributed by atoms with Gasteiger partial charge in [0.15, 0.2) is 6.10 Å². The van der Waals surface area contributed by atoms with Gasteiger partial charge in [0.1, 0.15) is 13.2 Å². The fourth-order valence-electron chi connectivity index (χ4n) is 6.61. The predicted octanol–water partition coefficient (Wildman–Crippen LogP) is 18.2. The highest BCUT2D eigenvalue weighted by atomic mass is 16.6. The van der Waals surface area contributed by atoms with Crippen molar-refractivity contribution < 1.29 is 28.6 Å². The minimum absolute atomic E-state index is 0.110. The molecule has 1 unspecified atom stereocenters. The molecule has 1 atom stereocenters. The first-order chi connectivity index (χ1) is 34.0. The Morgan fingerprint density at radius 1 is 0.304 bits per heavy atom. The van der Waals surface area contributed by atoms with Crippen LogP contribution in [0.15, 0.2) is 158 Å². The van der Waals surface area contributed by atoms with Crippen LogP contribution < -0.4 is 0 Å². The van der Waals surface area contributed by atoms with E-state index >= 15 is 0 Å². The Kier molecular flexibility index (Phi) is 51.6. The van der Waals surface area contributed by atoms with Crippen LogP contribution in [0.1, 0.15) is 201 Å². The minimum Gasteiger partial charge on any atom is -0.462 e. The van der Waals surface area contributed by atoms with Gasteiger partial charge in [0, 0.05) is 12.8 Å². The molecule has 0 fully saturated rings. The molecule has 0 aromatic carbocycles. The SMILES string of the molecule is CC/C=C\C/C=C\C/C=C\C/C=C\C/C=C\CCCCCC(=O)OCC(COC(=O)C/C=C\C/C=C\C/C=C\C/C=C\C/C=C\CC)OC(=O)CCCCCCCCC/C=C\C/C=C\C/C=C\CC. The standard InChI is InChI=1S/C63H96O6/c1-4-7-10-13-16-19-22-25-28-30-31-33-35-38-41-44-47-50-53-56-62(65)68-59-60(58-67-61(64)55-52-49-46-43-40-37-34-27-24-21-18-15-12-9-6-3)69-63(66)57-54-51-48-45-42-39-36-32-29-26-23-20-17-14-11-8-5-2/h7-12,16-21,25-29,31,33-34,38,40-41,43,49,52,60H,4-6,13-15,22-24,30,32,35-37,39,42,44-48,50-51,53-59H2,1-3H3/b10-7-,11-8-,12-9-,19-16-,20-17-,21-18-,28-25-,29-26-,33-31-,34-27-,41-38-,43-40-,52-49-. The first-order valence-electron chi connectivity index (χ1n) is 27.0. The van der Waals surface area contributed by atoms with Crippen LogP contribution >= 0.6 is 0 Å². The van der Waals surface area contributed by atoms with E-state index in [2.05, 4.69) is 167 Å². The van der Waals surface area contributed by atoms with Gasteiger partial charge in [0.25, 0.3) is 0 Å². The highest BCUT2D eigenvalue weighted by molar-refractivity contribution is 5.72. The van der Waals surface area contributed by atoms with Gasteiger partial charge in [-0.05, 0) is 122 Å². The third-order valence-electron chi connectivity index (χ3n) is 10.5. The molecule has 0 heterocycles. The van der Waals surface area contributed by atoms with Crippen molar-refractivity contribution in [2.45, 2.75) is 207 Å². The Morgan fingerprint density at radius 2 is 0.580 bits per heavy atom. The lowest BCUT2D eigenvalue weighted by Crippen LogP contribution is -2.30. The van der Waals surface area contributed by atoms with Crippen LogP contribution in [-0.2, 0) is 28.6 Å². The zero-order valence-corrected chi connectivity index (χ0v) is 43.8. The summed E-state index contributed by atoms with van der Waals surface area (Å²) in [5, 5.41) is 0. The van der Waals surface area contributed by atoms with E-state index in [0.29, 0.717) is 6.42 Å². The first kappa shape index (κ1) is 64.0. The normalized spacial score (nSPS) is 13.4. The molecule has 69 heavy (non-hydrogen) atoms. The van der Waals surface area contributed by atoms with E-state index in [-0.39, 0.29) is 38.0 Å². The molecule has 0 aliphatic heterocycles. The van der Waals surface area contributed by atoms with Gasteiger partial charge < -0.3 is 14.2 Å². The molecular formula is C63H96O6. The molecule has 0 aromatic heterocycles. The Balaban J connectivity index is 4.61. The monoisotopic (exact) mass is 949 g/mol. The molecule has 0 saturated heterocycles. The topological polar surface area (TPSA) is 78.9 Å². The summed E-state index contributed by atoms with van der Waals surface area (Å²) in [6.07, 6.45) is 81.1. The van der Waals surface area contributed by atoms with Gasteiger partial charge in [-0.3, -0.25) is 14.4 Å². The number of rotatable bonds is 46. The molecular weight excluding hydrogens is 853 g/mol. The van der Waals surface area contributed by atoms with Crippen LogP contribution in [0.25, 0.3) is 0 Å². The molecule has 0 spiro atoms. The Hall–Kier alpha value is -4.97. The van der Waals surface area contributed by atoms with Crippen molar-refractivity contribution in [2.75, 3.05) is 13.2 Å². The molecule has 0 aromatic rings. The smallest absolute Gasteiger partial charge is 0.309 e. The maximum Gasteiger partial charge on any atom is 0.309 e. The van der Waals surface area contributed by atoms with Crippen molar-refractivity contribution in [3.63, 3.8) is 0 Å². The number of hydrogen-bond acceptors (Lipinski definition) is 6. The summed E-state index contributed by atoms with van der Waals surface area (Å²) in [7, 11) is 0. The Morgan fingerprint density at radius 3 is 0.957 bits per heavy atom. The average Bonchev–Trinajstić information content (AvgIpc) is 3.35. The number of esters is 3. The summed E-state index contributed by atoms with van der Waals surface area (Å²) in [6, 6.07) is 0. The second-order valence-corrected chi connectivity index (χ2v) is 17.0. The second-order valence-electron chi connectivity index (χ2n) is 17.0. The lowest BCUT2D eigenvalue weighted by atomic mass is 10.1. The van der Waals surface area contributed by atoms with Gasteiger partial charge in [-0.2, -0.15) is 0 Å². The fraction of sp³-hybridized carbons (Fsp3) is 0.540. The first-order valence-corrected chi connectivity index (χ1v) is 27.0. The fourth-order valence-corrected chi connectivity index (χ4v) is 6.61. The van der Waals surface area contributed by atoms with Crippen molar-refractivity contribution in [3.8, 4) is 0 Å². The summed E-state index contributed by atoms with van der Waals surface area (Å²) in [6.45, 7) is 6.15. The molecule has 0 radical (unpaired) electrons. The Bertz CT molecular complexity index is 1610. The van der Waals surface area contributed by atoms with Crippen LogP contribution in [0.4, 0.5) is 0 Å². The van der Waals surface area contributed by atoms with Gasteiger partial charge in [-0.25, -0.2) is 0 Å². The summed E-state index contributed by atoms with van der Waals surface area (Å²) in [4.78, 5) is 38.0. The molecule has 6 nitrogen and oxygen atoms in total. The summed E-state index contributed by atoms with van der Waals surface area (Å²) >= 11 is 0. The van der Waals surface area contributed by atoms with Crippen molar-refractivity contribution in [3.05, 3.63) is 158 Å². The van der Waals surface area contributed by atoms with Gasteiger partial charge >= 0.3 is 17.9 Å². The molecule has 0 bridgehead atoms. The van der Waals surface area contributed by atoms with E-state index in [9.17, 15) is 14.4 Å². The average molecular weight is 949 g/mol. The number of hydrogen-bond donors (Lipinski definition) is 0. The third-order valence-corrected chi connectivity index (χ3v) is 10.5. The summed E-state index contributed by atoms with van der Waals surface area (Å²) in [5.74, 6) is -1.12. The zero-order chi connectivity index (χ0) is 50.0. The largest absolute Gasteiger partial charge is 0.462 e. The van der Waals surface area contributed by atoms with Crippen LogP contribution in [0.2, 0.25) is 0 Å². The van der Waals surface area contributed by atoms with Crippen molar-refractivity contribution in [1.82, 2.24) is 0 Å². The van der Waals surface area contributed by atoms with Gasteiger partial charge in [0.2, 0.25) is 0 Å². The van der Waals surface area contributed by atoms with E-state index < -0.39 is 12.1 Å². The minimum atomic E-state index is -0.845. The van der Waals surface area contributed by atoms with Gasteiger partial charge in [-0.1, -0.05) is 217 Å². The number of unbranched alkanes of at least 4 members (excludes halogenated alkanes) is 10. The molecule has 0 N–H and O–H groups in total. The van der Waals surface area contributed by atoms with Crippen LogP contribution in [0, 0.1) is 0 Å². The van der Waals surface area contributed by atoms with Crippen LogP contribution in [-0.4, -0.2) is 37.2 Å². The van der Waals surface area contributed by atoms with Crippen molar-refractivity contribution in [2.24, 2.45) is 0 Å². The molecule has 0 aliphatic rings. The maximum atomic E-state index is 12.8. The van der Waals surface area contributed by atoms with Gasteiger partial charge in [-0.15, -0.1) is 0 Å². The molecule has 0 aliphatic carbocycles. The summed E-state index contributed by atoms with van der Waals surface area (Å²) < 4.78 is 16.7. The predicted molar refractivity (Wildman–Crippen MR) is 297 cm³/mol. The summed E-state index contributed by atoms with van der Waals surface area (Å²) in [5.41, 5.74) is 0. The van der Waals surface area contributed by atoms with Crippen molar-refractivity contribution in [1.29, 1.82) is 0 Å². The van der Waals surface area contributed by atoms with E-state index in [1.807, 2.05) is 6.08 Å². The number of carbonyl (C=O) groups is 3. The highest BCUT2D eigenvalue weighted by Crippen LogP contribution is 2.12. The van der Waals surface area contributed by atoms with E-state index in [0.717, 1.165) is 141 Å². The van der Waals surface area contributed by atoms with E-state index in [1.54, 1.807) is 6.08 Å². The quantitative estimate of drug-likeness (QED) is 0.0262. The Labute approximate surface area is 422 Å².